The monoisotopic (exact) mass is 405 g/mol. The van der Waals surface area contributed by atoms with E-state index in [0.29, 0.717) is 0 Å². The van der Waals surface area contributed by atoms with Gasteiger partial charge in [0, 0.05) is 0 Å². The van der Waals surface area contributed by atoms with E-state index >= 15 is 0 Å². The number of rotatable bonds is 1. The summed E-state index contributed by atoms with van der Waals surface area (Å²) in [5.74, 6) is 0. The van der Waals surface area contributed by atoms with Gasteiger partial charge in [-0.15, -0.1) is 0 Å². The Kier molecular flexibility index (Phi) is 3.46. The summed E-state index contributed by atoms with van der Waals surface area (Å²) in [6.07, 6.45) is 0. The molecule has 1 nitrogen and oxygen atoms in total. The maximum absolute atomic E-state index is 4.28. The molecule has 1 heterocycles. The quantitative estimate of drug-likeness (QED) is 0.654. The van der Waals surface area contributed by atoms with Gasteiger partial charge in [0.15, 0.2) is 0 Å². The Morgan fingerprint density at radius 1 is 1.27 bits per heavy atom. The standard InChI is InChI=1S/C3Br2NS.3CH3.Sn/c4-2-1-7-3(5)6-2;;;;/h;3*1H3;. The van der Waals surface area contributed by atoms with E-state index < -0.39 is 18.4 Å². The van der Waals surface area contributed by atoms with Crippen LogP contribution in [0.25, 0.3) is 0 Å². The molecule has 0 unspecified atom stereocenters. The first-order valence-corrected chi connectivity index (χ1v) is 15.6. The molecule has 1 rings (SSSR count). The fourth-order valence-electron chi connectivity index (χ4n) is 0.740. The minimum absolute atomic E-state index is 0.992. The van der Waals surface area contributed by atoms with Gasteiger partial charge in [-0.3, -0.25) is 0 Å². The molecule has 0 aliphatic heterocycles. The summed E-state index contributed by atoms with van der Waals surface area (Å²) < 4.78 is 3.54. The van der Waals surface area contributed by atoms with Gasteiger partial charge in [-0.25, -0.2) is 0 Å². The number of hydrogen-bond acceptors (Lipinski definition) is 2. The van der Waals surface area contributed by atoms with Crippen LogP contribution in [0, 0.1) is 0 Å². The normalized spacial score (nSPS) is 12.1. The first kappa shape index (κ1) is 10.5. The zero-order valence-electron chi connectivity index (χ0n) is 6.61. The van der Waals surface area contributed by atoms with Crippen LogP contribution in [0.1, 0.15) is 0 Å². The first-order valence-electron chi connectivity index (χ1n) is 3.23. The Balaban J connectivity index is 3.13. The number of nitrogens with zero attached hydrogens (tertiary/aromatic N) is 1. The van der Waals surface area contributed by atoms with Crippen LogP contribution in [0.15, 0.2) is 8.52 Å². The summed E-state index contributed by atoms with van der Waals surface area (Å²) in [5.41, 5.74) is 0. The van der Waals surface area contributed by atoms with E-state index in [9.17, 15) is 0 Å². The molecule has 0 atom stereocenters. The van der Waals surface area contributed by atoms with Crippen molar-refractivity contribution in [3.05, 3.63) is 8.52 Å². The third-order valence-electron chi connectivity index (χ3n) is 1.24. The number of hydrogen-bond donors (Lipinski definition) is 0. The average Bonchev–Trinajstić information content (AvgIpc) is 2.08. The summed E-state index contributed by atoms with van der Waals surface area (Å²) in [7, 11) is 0. The third-order valence-corrected chi connectivity index (χ3v) is 14.0. The van der Waals surface area contributed by atoms with Crippen LogP contribution in [-0.2, 0) is 0 Å². The van der Waals surface area contributed by atoms with Crippen molar-refractivity contribution >= 4 is 64.5 Å². The molecule has 0 saturated heterocycles. The molecule has 0 bridgehead atoms. The molecule has 0 aromatic carbocycles. The van der Waals surface area contributed by atoms with E-state index in [0.717, 1.165) is 8.52 Å². The minimum atomic E-state index is -1.87. The van der Waals surface area contributed by atoms with E-state index in [1.807, 2.05) is 0 Å². The van der Waals surface area contributed by atoms with E-state index in [-0.39, 0.29) is 0 Å². The van der Waals surface area contributed by atoms with Crippen molar-refractivity contribution in [1.29, 1.82) is 0 Å². The van der Waals surface area contributed by atoms with Crippen LogP contribution in [0.5, 0.6) is 0 Å². The fourth-order valence-corrected chi connectivity index (χ4v) is 13.6. The zero-order valence-corrected chi connectivity index (χ0v) is 13.5. The Morgan fingerprint density at radius 2 is 1.82 bits per heavy atom. The van der Waals surface area contributed by atoms with Gasteiger partial charge >= 0.3 is 92.8 Å². The molecule has 0 saturated carbocycles. The molecule has 0 fully saturated rings. The Bertz CT molecular complexity index is 266. The number of aromatic nitrogens is 1. The predicted octanol–water partition coefficient (Wildman–Crippen LogP) is 3.21. The summed E-state index contributed by atoms with van der Waals surface area (Å²) >= 11 is 6.76. The van der Waals surface area contributed by atoms with E-state index in [1.54, 1.807) is 11.3 Å². The van der Waals surface area contributed by atoms with E-state index in [4.69, 9.17) is 0 Å². The van der Waals surface area contributed by atoms with Crippen LogP contribution in [0.3, 0.4) is 0 Å². The van der Waals surface area contributed by atoms with Crippen molar-refractivity contribution < 1.29 is 0 Å². The predicted molar refractivity (Wildman–Crippen MR) is 60.5 cm³/mol. The topological polar surface area (TPSA) is 12.9 Å². The van der Waals surface area contributed by atoms with Gasteiger partial charge in [0.05, 0.1) is 0 Å². The van der Waals surface area contributed by atoms with Crippen LogP contribution in [0.2, 0.25) is 14.8 Å². The van der Waals surface area contributed by atoms with Gasteiger partial charge in [0.2, 0.25) is 0 Å². The molecule has 0 spiro atoms. The van der Waals surface area contributed by atoms with Gasteiger partial charge < -0.3 is 0 Å². The number of thiazole rings is 1. The maximum atomic E-state index is 4.28. The molecule has 1 aromatic heterocycles. The Morgan fingerprint density at radius 3 is 2.00 bits per heavy atom. The molecule has 0 aliphatic rings. The Hall–Kier alpha value is 1.39. The second kappa shape index (κ2) is 3.63. The summed E-state index contributed by atoms with van der Waals surface area (Å²) in [6.45, 7) is 0. The summed E-state index contributed by atoms with van der Waals surface area (Å²) in [6, 6.07) is 0. The van der Waals surface area contributed by atoms with Gasteiger partial charge in [-0.05, 0) is 0 Å². The van der Waals surface area contributed by atoms with Gasteiger partial charge in [-0.2, -0.15) is 0 Å². The second-order valence-electron chi connectivity index (χ2n) is 3.34. The zero-order chi connectivity index (χ0) is 8.65. The molecule has 11 heavy (non-hydrogen) atoms. The Labute approximate surface area is 91.7 Å². The molecule has 0 radical (unpaired) electrons. The first-order chi connectivity index (χ1) is 4.91. The molecule has 62 valence electrons. The van der Waals surface area contributed by atoms with Crippen molar-refractivity contribution in [3.8, 4) is 0 Å². The number of halogens is 2. The van der Waals surface area contributed by atoms with Crippen molar-refractivity contribution in [1.82, 2.24) is 4.98 Å². The van der Waals surface area contributed by atoms with Crippen molar-refractivity contribution in [2.45, 2.75) is 14.8 Å². The molecule has 0 aliphatic carbocycles. The molecular formula is C6H9Br2NSSn. The van der Waals surface area contributed by atoms with Crippen LogP contribution < -0.4 is 2.89 Å². The van der Waals surface area contributed by atoms with Gasteiger partial charge in [-0.1, -0.05) is 0 Å². The summed E-state index contributed by atoms with van der Waals surface area (Å²) in [5, 5.41) is 0. The SMILES string of the molecule is [CH3][Sn]([CH3])([CH3])[c]1sc(Br)nc1Br. The van der Waals surface area contributed by atoms with Crippen molar-refractivity contribution in [2.75, 3.05) is 0 Å². The second-order valence-corrected chi connectivity index (χ2v) is 21.7. The van der Waals surface area contributed by atoms with E-state index in [1.165, 1.54) is 2.89 Å². The van der Waals surface area contributed by atoms with Gasteiger partial charge in [0.25, 0.3) is 0 Å². The van der Waals surface area contributed by atoms with Crippen LogP contribution in [-0.4, -0.2) is 23.4 Å². The van der Waals surface area contributed by atoms with Crippen molar-refractivity contribution in [3.63, 3.8) is 0 Å². The van der Waals surface area contributed by atoms with Crippen LogP contribution >= 0.6 is 43.2 Å². The summed E-state index contributed by atoms with van der Waals surface area (Å²) in [4.78, 5) is 11.4. The van der Waals surface area contributed by atoms with Crippen LogP contribution in [0.4, 0.5) is 0 Å². The van der Waals surface area contributed by atoms with Gasteiger partial charge in [0.1, 0.15) is 0 Å². The van der Waals surface area contributed by atoms with E-state index in [2.05, 4.69) is 51.7 Å². The molecule has 5 heteroatoms. The fraction of sp³-hybridized carbons (Fsp3) is 0.500. The average molecular weight is 406 g/mol. The van der Waals surface area contributed by atoms with Crippen molar-refractivity contribution in [2.24, 2.45) is 0 Å². The molecule has 0 amide bonds. The molecule has 1 aromatic rings. The molecular weight excluding hydrogens is 397 g/mol. The molecule has 0 N–H and O–H groups in total. The third kappa shape index (κ3) is 2.67.